The lowest BCUT2D eigenvalue weighted by atomic mass is 9.98. The van der Waals surface area contributed by atoms with Crippen molar-refractivity contribution in [1.82, 2.24) is 15.1 Å². The van der Waals surface area contributed by atoms with E-state index >= 15 is 0 Å². The van der Waals surface area contributed by atoms with Crippen molar-refractivity contribution in [2.45, 2.75) is 44.7 Å². The summed E-state index contributed by atoms with van der Waals surface area (Å²) >= 11 is 1.83. The summed E-state index contributed by atoms with van der Waals surface area (Å²) in [6.07, 6.45) is 3.80. The van der Waals surface area contributed by atoms with Crippen molar-refractivity contribution in [3.63, 3.8) is 0 Å². The third kappa shape index (κ3) is 4.76. The Hall–Kier alpha value is -3.23. The minimum atomic E-state index is -0.559. The van der Waals surface area contributed by atoms with E-state index in [0.29, 0.717) is 18.5 Å². The Morgan fingerprint density at radius 3 is 2.62 bits per heavy atom. The van der Waals surface area contributed by atoms with E-state index in [1.54, 1.807) is 4.90 Å². The number of hydrogen-bond donors (Lipinski definition) is 1. The van der Waals surface area contributed by atoms with Crippen LogP contribution in [0.4, 0.5) is 5.69 Å². The van der Waals surface area contributed by atoms with Crippen molar-refractivity contribution in [2.24, 2.45) is 0 Å². The van der Waals surface area contributed by atoms with E-state index in [-0.39, 0.29) is 24.1 Å². The van der Waals surface area contributed by atoms with Gasteiger partial charge in [-0.05, 0) is 72.3 Å². The molecule has 1 aromatic heterocycles. The molecule has 0 radical (unpaired) electrons. The van der Waals surface area contributed by atoms with Crippen LogP contribution in [0.5, 0.6) is 0 Å². The minimum absolute atomic E-state index is 0.0949. The monoisotopic (exact) mass is 516 g/mol. The number of nitrogens with zero attached hydrogens (tertiary/aromatic N) is 3. The molecule has 0 saturated carbocycles. The molecule has 37 heavy (non-hydrogen) atoms. The van der Waals surface area contributed by atoms with Gasteiger partial charge in [0.1, 0.15) is 6.04 Å². The Labute approximate surface area is 221 Å². The molecule has 3 aromatic rings. The molecule has 1 N–H and O–H groups in total. The third-order valence-electron chi connectivity index (χ3n) is 8.02. The number of aryl methyl sites for hydroxylation is 1. The quantitative estimate of drug-likeness (QED) is 0.382. The predicted octanol–water partition coefficient (Wildman–Crippen LogP) is 3.81. The fraction of sp³-hybridized carbons (Fsp3) is 0.414. The minimum Gasteiger partial charge on any atom is -0.368 e. The van der Waals surface area contributed by atoms with Crippen LogP contribution in [0.15, 0.2) is 47.8 Å². The van der Waals surface area contributed by atoms with E-state index in [0.717, 1.165) is 57.5 Å². The molecule has 0 bridgehead atoms. The first-order valence-electron chi connectivity index (χ1n) is 13.3. The number of nitrogens with one attached hydrogen (secondary N) is 1. The Morgan fingerprint density at radius 2 is 1.78 bits per heavy atom. The normalized spacial score (nSPS) is 20.5. The molecule has 8 heteroatoms. The predicted molar refractivity (Wildman–Crippen MR) is 146 cm³/mol. The topological polar surface area (TPSA) is 73.0 Å². The molecule has 7 nitrogen and oxygen atoms in total. The Morgan fingerprint density at radius 1 is 0.946 bits per heavy atom. The van der Waals surface area contributed by atoms with Crippen LogP contribution >= 0.6 is 11.3 Å². The van der Waals surface area contributed by atoms with E-state index in [1.165, 1.54) is 21.3 Å². The third-order valence-corrected chi connectivity index (χ3v) is 8.97. The lowest BCUT2D eigenvalue weighted by molar-refractivity contribution is -0.136. The molecule has 0 aliphatic carbocycles. The maximum absolute atomic E-state index is 13.0. The molecule has 2 fully saturated rings. The summed E-state index contributed by atoms with van der Waals surface area (Å²) in [6, 6.07) is 14.2. The Kier molecular flexibility index (Phi) is 6.69. The summed E-state index contributed by atoms with van der Waals surface area (Å²) < 4.78 is 1.39. The lowest BCUT2D eigenvalue weighted by Gasteiger charge is -2.36. The highest BCUT2D eigenvalue weighted by Crippen LogP contribution is 2.32. The first-order chi connectivity index (χ1) is 18.1. The highest BCUT2D eigenvalue weighted by molar-refractivity contribution is 7.17. The van der Waals surface area contributed by atoms with Crippen LogP contribution in [0.3, 0.4) is 0 Å². The molecule has 0 spiro atoms. The van der Waals surface area contributed by atoms with Gasteiger partial charge in [-0.25, -0.2) is 0 Å². The average molecular weight is 517 g/mol. The zero-order chi connectivity index (χ0) is 25.4. The number of hydrogen-bond acceptors (Lipinski definition) is 6. The Balaban J connectivity index is 1.00. The maximum Gasteiger partial charge on any atom is 0.255 e. The standard InChI is InChI=1S/C29H32N4O3S/c34-26-11-10-25(28(35)30-26)33-19-23-20(6-3-8-22(23)29(33)36)5-1-2-13-31-14-16-32(17-15-31)24-9-4-7-21-12-18-37-27(21)24/h3-4,6-9,12,18,25H,1-2,5,10-11,13-17,19H2,(H,30,34,35). The van der Waals surface area contributed by atoms with Crippen molar-refractivity contribution < 1.29 is 14.4 Å². The lowest BCUT2D eigenvalue weighted by Crippen LogP contribution is -2.52. The van der Waals surface area contributed by atoms with Gasteiger partial charge in [0.25, 0.3) is 5.91 Å². The number of carbonyl (C=O) groups is 3. The van der Waals surface area contributed by atoms with Gasteiger partial charge in [-0.3, -0.25) is 24.6 Å². The largest absolute Gasteiger partial charge is 0.368 e. The van der Waals surface area contributed by atoms with Gasteiger partial charge in [0.05, 0.1) is 10.4 Å². The zero-order valence-electron chi connectivity index (χ0n) is 20.9. The number of anilines is 1. The number of piperazine rings is 1. The second kappa shape index (κ2) is 10.3. The van der Waals surface area contributed by atoms with Gasteiger partial charge in [0, 0.05) is 44.7 Å². The van der Waals surface area contributed by atoms with E-state index in [9.17, 15) is 14.4 Å². The SMILES string of the molecule is O=C1CCC(N2Cc3c(CCCCN4CCN(c5cccc6ccsc56)CC4)cccc3C2=O)C(=O)N1. The number of carbonyl (C=O) groups excluding carboxylic acids is 3. The summed E-state index contributed by atoms with van der Waals surface area (Å²) in [4.78, 5) is 43.7. The highest BCUT2D eigenvalue weighted by Gasteiger charge is 2.39. The molecule has 3 aliphatic rings. The van der Waals surface area contributed by atoms with Gasteiger partial charge in [0.2, 0.25) is 11.8 Å². The van der Waals surface area contributed by atoms with Gasteiger partial charge < -0.3 is 9.80 Å². The molecule has 3 amide bonds. The van der Waals surface area contributed by atoms with Crippen molar-refractivity contribution in [1.29, 1.82) is 0 Å². The van der Waals surface area contributed by atoms with Gasteiger partial charge in [-0.1, -0.05) is 24.3 Å². The van der Waals surface area contributed by atoms with Crippen LogP contribution in [-0.4, -0.2) is 66.3 Å². The molecule has 1 atom stereocenters. The molecule has 192 valence electrons. The van der Waals surface area contributed by atoms with Gasteiger partial charge >= 0.3 is 0 Å². The summed E-state index contributed by atoms with van der Waals surface area (Å²) in [5.74, 6) is -0.707. The molecule has 2 saturated heterocycles. The van der Waals surface area contributed by atoms with Gasteiger partial charge in [-0.2, -0.15) is 0 Å². The Bertz CT molecular complexity index is 1340. The number of imide groups is 1. The van der Waals surface area contributed by atoms with E-state index in [1.807, 2.05) is 23.5 Å². The number of piperidine rings is 1. The first kappa shape index (κ1) is 24.1. The number of amides is 3. The molecular formula is C29H32N4O3S. The van der Waals surface area contributed by atoms with Crippen LogP contribution in [0.25, 0.3) is 10.1 Å². The first-order valence-corrected chi connectivity index (χ1v) is 14.2. The second-order valence-electron chi connectivity index (χ2n) is 10.2. The van der Waals surface area contributed by atoms with Crippen molar-refractivity contribution in [2.75, 3.05) is 37.6 Å². The summed E-state index contributed by atoms with van der Waals surface area (Å²) in [6.45, 7) is 5.82. The number of benzene rings is 2. The number of rotatable bonds is 7. The average Bonchev–Trinajstić information content (AvgIpc) is 3.52. The highest BCUT2D eigenvalue weighted by atomic mass is 32.1. The fourth-order valence-corrected chi connectivity index (χ4v) is 6.91. The van der Waals surface area contributed by atoms with E-state index in [4.69, 9.17) is 0 Å². The smallest absolute Gasteiger partial charge is 0.255 e. The molecule has 4 heterocycles. The van der Waals surface area contributed by atoms with Crippen LogP contribution in [-0.2, 0) is 22.6 Å². The number of fused-ring (bicyclic) bond motifs is 2. The molecule has 6 rings (SSSR count). The summed E-state index contributed by atoms with van der Waals surface area (Å²) in [5.41, 5.74) is 4.33. The van der Waals surface area contributed by atoms with Crippen LogP contribution in [0.2, 0.25) is 0 Å². The van der Waals surface area contributed by atoms with E-state index < -0.39 is 6.04 Å². The van der Waals surface area contributed by atoms with Gasteiger partial charge in [0.15, 0.2) is 0 Å². The van der Waals surface area contributed by atoms with E-state index in [2.05, 4.69) is 50.8 Å². The molecule has 3 aliphatic heterocycles. The van der Waals surface area contributed by atoms with Crippen LogP contribution < -0.4 is 10.2 Å². The molecule has 1 unspecified atom stereocenters. The maximum atomic E-state index is 13.0. The van der Waals surface area contributed by atoms with Crippen LogP contribution in [0.1, 0.15) is 47.2 Å². The van der Waals surface area contributed by atoms with Crippen molar-refractivity contribution >= 4 is 44.8 Å². The zero-order valence-corrected chi connectivity index (χ0v) is 21.8. The molecule has 2 aromatic carbocycles. The van der Waals surface area contributed by atoms with Crippen molar-refractivity contribution in [3.05, 3.63) is 64.5 Å². The van der Waals surface area contributed by atoms with Gasteiger partial charge in [-0.15, -0.1) is 11.3 Å². The number of thiophene rings is 1. The van der Waals surface area contributed by atoms with Crippen LogP contribution in [0, 0.1) is 0 Å². The summed E-state index contributed by atoms with van der Waals surface area (Å²) in [5, 5.41) is 5.89. The van der Waals surface area contributed by atoms with Crippen molar-refractivity contribution in [3.8, 4) is 0 Å². The molecular weight excluding hydrogens is 484 g/mol. The second-order valence-corrected chi connectivity index (χ2v) is 11.2. The summed E-state index contributed by atoms with van der Waals surface area (Å²) in [7, 11) is 0. The fourth-order valence-electron chi connectivity index (χ4n) is 5.97. The number of unbranched alkanes of at least 4 members (excludes halogenated alkanes) is 1.